The second-order valence-corrected chi connectivity index (χ2v) is 7.49. The van der Waals surface area contributed by atoms with E-state index in [4.69, 9.17) is 10.8 Å². The molecule has 0 atom stereocenters. The van der Waals surface area contributed by atoms with Crippen molar-refractivity contribution in [1.82, 2.24) is 19.7 Å². The Kier molecular flexibility index (Phi) is 4.20. The van der Waals surface area contributed by atoms with E-state index in [1.807, 2.05) is 16.8 Å². The van der Waals surface area contributed by atoms with Gasteiger partial charge in [-0.2, -0.15) is 5.10 Å². The number of rotatable bonds is 3. The summed E-state index contributed by atoms with van der Waals surface area (Å²) in [5.74, 6) is -0.488. The summed E-state index contributed by atoms with van der Waals surface area (Å²) in [4.78, 5) is 20.0. The lowest BCUT2D eigenvalue weighted by molar-refractivity contribution is -0.114. The van der Waals surface area contributed by atoms with Gasteiger partial charge in [0.05, 0.1) is 11.4 Å². The maximum Gasteiger partial charge on any atom is 0.221 e. The highest BCUT2D eigenvalue weighted by Gasteiger charge is 2.27. The summed E-state index contributed by atoms with van der Waals surface area (Å²) in [7, 11) is 0. The molecule has 0 radical (unpaired) electrons. The lowest BCUT2D eigenvalue weighted by Crippen LogP contribution is -2.11. The molecule has 8 heteroatoms. The number of fused-ring (bicyclic) bond motifs is 2. The largest absolute Gasteiger partial charge is 0.383 e. The van der Waals surface area contributed by atoms with Crippen molar-refractivity contribution in [2.75, 3.05) is 11.1 Å². The molecular weight excluding hydrogens is 383 g/mol. The summed E-state index contributed by atoms with van der Waals surface area (Å²) in [6.07, 6.45) is 3.07. The van der Waals surface area contributed by atoms with Crippen molar-refractivity contribution in [3.63, 3.8) is 0 Å². The Hall–Kier alpha value is -3.81. The summed E-state index contributed by atoms with van der Waals surface area (Å²) < 4.78 is 16.2. The van der Waals surface area contributed by atoms with Crippen LogP contribution in [0.3, 0.4) is 0 Å². The summed E-state index contributed by atoms with van der Waals surface area (Å²) >= 11 is 0. The van der Waals surface area contributed by atoms with Gasteiger partial charge in [-0.25, -0.2) is 19.0 Å². The van der Waals surface area contributed by atoms with Gasteiger partial charge in [0.25, 0.3) is 0 Å². The summed E-state index contributed by atoms with van der Waals surface area (Å²) in [5, 5.41) is 7.99. The molecule has 0 unspecified atom stereocenters. The molecule has 2 aromatic heterocycles. The van der Waals surface area contributed by atoms with Gasteiger partial charge in [-0.05, 0) is 42.2 Å². The fraction of sp³-hybridized carbons (Fsp3) is 0.182. The molecule has 4 aromatic rings. The molecule has 150 valence electrons. The normalized spacial score (nSPS) is 13.5. The number of nitrogen functional groups attached to an aromatic ring is 1. The van der Waals surface area contributed by atoms with Crippen molar-refractivity contribution in [2.24, 2.45) is 0 Å². The van der Waals surface area contributed by atoms with E-state index in [9.17, 15) is 9.18 Å². The number of anilines is 2. The quantitative estimate of drug-likeness (QED) is 0.546. The van der Waals surface area contributed by atoms with Crippen LogP contribution >= 0.6 is 0 Å². The van der Waals surface area contributed by atoms with E-state index in [0.717, 1.165) is 12.8 Å². The molecule has 1 amide bonds. The van der Waals surface area contributed by atoms with Gasteiger partial charge in [-0.15, -0.1) is 0 Å². The monoisotopic (exact) mass is 402 g/mol. The third-order valence-electron chi connectivity index (χ3n) is 5.39. The second-order valence-electron chi connectivity index (χ2n) is 7.49. The molecule has 3 N–H and O–H groups in total. The van der Waals surface area contributed by atoms with Crippen molar-refractivity contribution >= 4 is 28.4 Å². The number of nitrogens with zero attached hydrogens (tertiary/aromatic N) is 4. The number of nitrogens with two attached hydrogens (primary N) is 1. The van der Waals surface area contributed by atoms with E-state index < -0.39 is 5.82 Å². The van der Waals surface area contributed by atoms with E-state index in [0.29, 0.717) is 28.0 Å². The zero-order chi connectivity index (χ0) is 20.8. The molecule has 7 nitrogen and oxygen atoms in total. The molecule has 0 saturated carbocycles. The molecule has 0 bridgehead atoms. The fourth-order valence-electron chi connectivity index (χ4n) is 4.16. The average Bonchev–Trinajstić information content (AvgIpc) is 3.29. The van der Waals surface area contributed by atoms with Gasteiger partial charge in [0, 0.05) is 18.2 Å². The fourth-order valence-corrected chi connectivity index (χ4v) is 4.16. The van der Waals surface area contributed by atoms with Crippen LogP contribution in [0.5, 0.6) is 0 Å². The molecule has 0 saturated heterocycles. The van der Waals surface area contributed by atoms with Gasteiger partial charge in [0.2, 0.25) is 5.91 Å². The van der Waals surface area contributed by atoms with Crippen LogP contribution in [0.4, 0.5) is 15.9 Å². The molecule has 0 aliphatic heterocycles. The van der Waals surface area contributed by atoms with Crippen LogP contribution in [0, 0.1) is 5.82 Å². The van der Waals surface area contributed by atoms with E-state index in [-0.39, 0.29) is 17.8 Å². The Bertz CT molecular complexity index is 1270. The standard InChI is InChI=1S/C22H19FN6O/c1-12(30)27-17-7-15(6-16(23)10-17)20-19-21(24)25-11-26-22(19)29(28-20)18-8-13-4-2-3-5-14(13)9-18/h2-7,10-11,18H,8-9H2,1H3,(H,27,30)(H2,24,25,26). The Morgan fingerprint density at radius 3 is 2.60 bits per heavy atom. The van der Waals surface area contributed by atoms with Crippen molar-refractivity contribution in [2.45, 2.75) is 25.8 Å². The number of carbonyl (C=O) groups is 1. The molecular formula is C22H19FN6O. The number of nitrogens with one attached hydrogen (secondary N) is 1. The minimum atomic E-state index is -0.484. The lowest BCUT2D eigenvalue weighted by atomic mass is 10.1. The number of carbonyl (C=O) groups excluding carboxylic acids is 1. The minimum absolute atomic E-state index is 0.0799. The van der Waals surface area contributed by atoms with Gasteiger partial charge in [0.1, 0.15) is 23.7 Å². The highest BCUT2D eigenvalue weighted by molar-refractivity contribution is 5.99. The van der Waals surface area contributed by atoms with Crippen molar-refractivity contribution in [1.29, 1.82) is 0 Å². The van der Waals surface area contributed by atoms with E-state index >= 15 is 0 Å². The first-order chi connectivity index (χ1) is 14.5. The van der Waals surface area contributed by atoms with Crippen LogP contribution in [-0.4, -0.2) is 25.7 Å². The molecule has 1 aliphatic rings. The summed E-state index contributed by atoms with van der Waals surface area (Å²) in [6.45, 7) is 1.37. The highest BCUT2D eigenvalue weighted by atomic mass is 19.1. The predicted molar refractivity (Wildman–Crippen MR) is 112 cm³/mol. The summed E-state index contributed by atoms with van der Waals surface area (Å²) in [6, 6.07) is 12.7. The molecule has 2 aromatic carbocycles. The Morgan fingerprint density at radius 2 is 1.90 bits per heavy atom. The Balaban J connectivity index is 1.66. The maximum atomic E-state index is 14.3. The van der Waals surface area contributed by atoms with Crippen LogP contribution in [0.15, 0.2) is 48.8 Å². The molecule has 5 rings (SSSR count). The van der Waals surface area contributed by atoms with Crippen LogP contribution < -0.4 is 11.1 Å². The van der Waals surface area contributed by atoms with Crippen LogP contribution in [-0.2, 0) is 17.6 Å². The smallest absolute Gasteiger partial charge is 0.221 e. The zero-order valence-electron chi connectivity index (χ0n) is 16.3. The van der Waals surface area contributed by atoms with E-state index in [1.165, 1.54) is 36.5 Å². The molecule has 0 fully saturated rings. The Morgan fingerprint density at radius 1 is 1.17 bits per heavy atom. The molecule has 0 spiro atoms. The lowest BCUT2D eigenvalue weighted by Gasteiger charge is -2.10. The number of aromatic nitrogens is 4. The van der Waals surface area contributed by atoms with Gasteiger partial charge < -0.3 is 11.1 Å². The van der Waals surface area contributed by atoms with Crippen molar-refractivity contribution in [3.05, 3.63) is 65.7 Å². The topological polar surface area (TPSA) is 98.7 Å². The maximum absolute atomic E-state index is 14.3. The number of hydrogen-bond donors (Lipinski definition) is 2. The first kappa shape index (κ1) is 18.2. The van der Waals surface area contributed by atoms with Crippen molar-refractivity contribution in [3.8, 4) is 11.3 Å². The van der Waals surface area contributed by atoms with E-state index in [1.54, 1.807) is 6.07 Å². The van der Waals surface area contributed by atoms with E-state index in [2.05, 4.69) is 27.4 Å². The molecule has 30 heavy (non-hydrogen) atoms. The first-order valence-electron chi connectivity index (χ1n) is 9.63. The van der Waals surface area contributed by atoms with Gasteiger partial charge in [-0.3, -0.25) is 4.79 Å². The van der Waals surface area contributed by atoms with Gasteiger partial charge in [-0.1, -0.05) is 24.3 Å². The SMILES string of the molecule is CC(=O)Nc1cc(F)cc(-c2nn(C3Cc4ccccc4C3)c3ncnc(N)c23)c1. The van der Waals surface area contributed by atoms with Gasteiger partial charge in [0.15, 0.2) is 5.65 Å². The van der Waals surface area contributed by atoms with Crippen LogP contribution in [0.25, 0.3) is 22.3 Å². The van der Waals surface area contributed by atoms with Gasteiger partial charge >= 0.3 is 0 Å². The third-order valence-corrected chi connectivity index (χ3v) is 5.39. The average molecular weight is 402 g/mol. The predicted octanol–water partition coefficient (Wildman–Crippen LogP) is 3.51. The second kappa shape index (κ2) is 6.91. The zero-order valence-corrected chi connectivity index (χ0v) is 16.3. The highest BCUT2D eigenvalue weighted by Crippen LogP contribution is 2.37. The minimum Gasteiger partial charge on any atom is -0.383 e. The number of hydrogen-bond acceptors (Lipinski definition) is 5. The molecule has 2 heterocycles. The van der Waals surface area contributed by atoms with Crippen LogP contribution in [0.1, 0.15) is 24.1 Å². The first-order valence-corrected chi connectivity index (χ1v) is 9.63. The number of amides is 1. The number of halogens is 1. The third kappa shape index (κ3) is 3.06. The number of benzene rings is 2. The molecule has 1 aliphatic carbocycles. The Labute approximate surface area is 171 Å². The van der Waals surface area contributed by atoms with Crippen LogP contribution in [0.2, 0.25) is 0 Å². The van der Waals surface area contributed by atoms with Crippen molar-refractivity contribution < 1.29 is 9.18 Å². The summed E-state index contributed by atoms with van der Waals surface area (Å²) in [5.41, 5.74) is 10.7.